The molecule has 0 bridgehead atoms. The van der Waals surface area contributed by atoms with E-state index in [1.807, 2.05) is 81.4 Å². The summed E-state index contributed by atoms with van der Waals surface area (Å²) in [4.78, 5) is 21.7. The molecule has 6 nitrogen and oxygen atoms in total. The lowest BCUT2D eigenvalue weighted by Gasteiger charge is -2.11. The Balaban J connectivity index is 1.43. The number of nitrogens with zero attached hydrogens (tertiary/aromatic N) is 2. The predicted molar refractivity (Wildman–Crippen MR) is 135 cm³/mol. The van der Waals surface area contributed by atoms with Gasteiger partial charge < -0.3 is 16.0 Å². The van der Waals surface area contributed by atoms with Crippen LogP contribution >= 0.6 is 0 Å². The lowest BCUT2D eigenvalue weighted by molar-refractivity contribution is 0.102. The van der Waals surface area contributed by atoms with Crippen molar-refractivity contribution in [1.82, 2.24) is 9.97 Å². The van der Waals surface area contributed by atoms with Crippen molar-refractivity contribution in [2.75, 3.05) is 16.0 Å². The molecule has 0 aliphatic carbocycles. The van der Waals surface area contributed by atoms with E-state index in [1.54, 1.807) is 0 Å². The van der Waals surface area contributed by atoms with E-state index in [-0.39, 0.29) is 5.91 Å². The third-order valence-corrected chi connectivity index (χ3v) is 5.20. The van der Waals surface area contributed by atoms with Crippen molar-refractivity contribution in [1.29, 1.82) is 0 Å². The SMILES string of the molecule is Cc1ccc(Nc2cc(C)nc(Nc3ccc(NC(=O)c4ccc(C)cc4C)cc3)n2)cc1. The van der Waals surface area contributed by atoms with Crippen LogP contribution in [0.1, 0.15) is 32.7 Å². The van der Waals surface area contributed by atoms with Gasteiger partial charge in [-0.1, -0.05) is 35.4 Å². The number of hydrogen-bond acceptors (Lipinski definition) is 5. The predicted octanol–water partition coefficient (Wildman–Crippen LogP) is 6.45. The Bertz CT molecular complexity index is 1280. The summed E-state index contributed by atoms with van der Waals surface area (Å²) in [6.45, 7) is 7.94. The second-order valence-corrected chi connectivity index (χ2v) is 8.18. The summed E-state index contributed by atoms with van der Waals surface area (Å²) in [6.07, 6.45) is 0. The molecular weight excluding hydrogens is 410 g/mol. The number of amides is 1. The highest BCUT2D eigenvalue weighted by molar-refractivity contribution is 6.05. The van der Waals surface area contributed by atoms with Gasteiger partial charge in [0.1, 0.15) is 5.82 Å². The molecule has 0 aliphatic heterocycles. The van der Waals surface area contributed by atoms with E-state index in [9.17, 15) is 4.79 Å². The van der Waals surface area contributed by atoms with Gasteiger partial charge in [0.25, 0.3) is 5.91 Å². The van der Waals surface area contributed by atoms with Gasteiger partial charge in [0, 0.05) is 34.4 Å². The monoisotopic (exact) mass is 437 g/mol. The molecule has 0 radical (unpaired) electrons. The number of anilines is 5. The summed E-state index contributed by atoms with van der Waals surface area (Å²) in [5, 5.41) is 9.50. The molecule has 3 N–H and O–H groups in total. The van der Waals surface area contributed by atoms with Crippen LogP contribution in [0.3, 0.4) is 0 Å². The van der Waals surface area contributed by atoms with Crippen LogP contribution in [0.5, 0.6) is 0 Å². The highest BCUT2D eigenvalue weighted by Gasteiger charge is 2.10. The zero-order chi connectivity index (χ0) is 23.4. The summed E-state index contributed by atoms with van der Waals surface area (Å²) in [5.74, 6) is 1.09. The first kappa shape index (κ1) is 22.0. The molecule has 0 aliphatic rings. The summed E-state index contributed by atoms with van der Waals surface area (Å²) >= 11 is 0. The first-order valence-corrected chi connectivity index (χ1v) is 10.8. The van der Waals surface area contributed by atoms with Crippen LogP contribution in [0, 0.1) is 27.7 Å². The molecule has 33 heavy (non-hydrogen) atoms. The standard InChI is InChI=1S/C27H27N5O/c1-17-5-8-21(9-6-17)29-25-16-20(4)28-27(32-25)31-23-12-10-22(11-13-23)30-26(33)24-14-7-18(2)15-19(24)3/h5-16H,1-4H3,(H,30,33)(H2,28,29,31,32). The summed E-state index contributed by atoms with van der Waals surface area (Å²) < 4.78 is 0. The molecule has 0 fully saturated rings. The smallest absolute Gasteiger partial charge is 0.255 e. The van der Waals surface area contributed by atoms with Gasteiger partial charge in [-0.15, -0.1) is 0 Å². The molecular formula is C27H27N5O. The van der Waals surface area contributed by atoms with Gasteiger partial charge in [-0.2, -0.15) is 4.98 Å². The number of carbonyl (C=O) groups excluding carboxylic acids is 1. The average molecular weight is 438 g/mol. The van der Waals surface area contributed by atoms with Crippen LogP contribution in [0.15, 0.2) is 72.8 Å². The molecule has 0 saturated carbocycles. The third kappa shape index (κ3) is 5.74. The van der Waals surface area contributed by atoms with Gasteiger partial charge in [-0.25, -0.2) is 4.98 Å². The normalized spacial score (nSPS) is 10.5. The van der Waals surface area contributed by atoms with Crippen LogP contribution in [-0.2, 0) is 0 Å². The van der Waals surface area contributed by atoms with Crippen molar-refractivity contribution in [3.63, 3.8) is 0 Å². The quantitative estimate of drug-likeness (QED) is 0.323. The Morgan fingerprint density at radius 1 is 0.667 bits per heavy atom. The number of hydrogen-bond donors (Lipinski definition) is 3. The highest BCUT2D eigenvalue weighted by Crippen LogP contribution is 2.21. The average Bonchev–Trinajstić information content (AvgIpc) is 2.76. The minimum absolute atomic E-state index is 0.123. The summed E-state index contributed by atoms with van der Waals surface area (Å²) in [5.41, 5.74) is 7.32. The number of rotatable bonds is 6. The molecule has 166 valence electrons. The van der Waals surface area contributed by atoms with Gasteiger partial charge in [-0.3, -0.25) is 4.79 Å². The van der Waals surface area contributed by atoms with E-state index >= 15 is 0 Å². The Morgan fingerprint density at radius 3 is 1.97 bits per heavy atom. The number of carbonyl (C=O) groups is 1. The van der Waals surface area contributed by atoms with Crippen LogP contribution in [-0.4, -0.2) is 15.9 Å². The number of aryl methyl sites for hydroxylation is 4. The van der Waals surface area contributed by atoms with E-state index < -0.39 is 0 Å². The zero-order valence-electron chi connectivity index (χ0n) is 19.2. The van der Waals surface area contributed by atoms with Crippen molar-refractivity contribution in [2.45, 2.75) is 27.7 Å². The summed E-state index contributed by atoms with van der Waals surface area (Å²) in [6, 6.07) is 23.3. The molecule has 0 spiro atoms. The molecule has 6 heteroatoms. The van der Waals surface area contributed by atoms with E-state index in [1.165, 1.54) is 5.56 Å². The largest absolute Gasteiger partial charge is 0.340 e. The number of aromatic nitrogens is 2. The van der Waals surface area contributed by atoms with Crippen LogP contribution in [0.4, 0.5) is 28.8 Å². The molecule has 0 atom stereocenters. The van der Waals surface area contributed by atoms with Crippen molar-refractivity contribution < 1.29 is 4.79 Å². The van der Waals surface area contributed by atoms with E-state index in [0.717, 1.165) is 33.9 Å². The molecule has 3 aromatic carbocycles. The number of nitrogens with one attached hydrogen (secondary N) is 3. The van der Waals surface area contributed by atoms with Crippen molar-refractivity contribution in [3.8, 4) is 0 Å². The maximum absolute atomic E-state index is 12.6. The molecule has 1 heterocycles. The molecule has 4 aromatic rings. The van der Waals surface area contributed by atoms with Crippen LogP contribution in [0.2, 0.25) is 0 Å². The minimum atomic E-state index is -0.123. The van der Waals surface area contributed by atoms with Gasteiger partial charge in [0.05, 0.1) is 0 Å². The maximum Gasteiger partial charge on any atom is 0.255 e. The molecule has 1 aromatic heterocycles. The van der Waals surface area contributed by atoms with Crippen LogP contribution in [0.25, 0.3) is 0 Å². The second-order valence-electron chi connectivity index (χ2n) is 8.18. The van der Waals surface area contributed by atoms with Crippen molar-refractivity contribution in [3.05, 3.63) is 101 Å². The Kier molecular flexibility index (Phi) is 6.36. The van der Waals surface area contributed by atoms with Gasteiger partial charge in [-0.05, 0) is 75.7 Å². The zero-order valence-corrected chi connectivity index (χ0v) is 19.2. The van der Waals surface area contributed by atoms with Crippen molar-refractivity contribution >= 4 is 34.7 Å². The lowest BCUT2D eigenvalue weighted by atomic mass is 10.1. The van der Waals surface area contributed by atoms with Gasteiger partial charge >= 0.3 is 0 Å². The topological polar surface area (TPSA) is 78.9 Å². The fourth-order valence-electron chi connectivity index (χ4n) is 3.51. The van der Waals surface area contributed by atoms with Crippen LogP contribution < -0.4 is 16.0 Å². The summed E-state index contributed by atoms with van der Waals surface area (Å²) in [7, 11) is 0. The number of benzene rings is 3. The molecule has 0 unspecified atom stereocenters. The Labute approximate surface area is 194 Å². The molecule has 4 rings (SSSR count). The van der Waals surface area contributed by atoms with Crippen molar-refractivity contribution in [2.24, 2.45) is 0 Å². The first-order chi connectivity index (χ1) is 15.9. The lowest BCUT2D eigenvalue weighted by Crippen LogP contribution is -2.13. The van der Waals surface area contributed by atoms with E-state index in [2.05, 4.69) is 45.0 Å². The highest BCUT2D eigenvalue weighted by atomic mass is 16.1. The fraction of sp³-hybridized carbons (Fsp3) is 0.148. The Morgan fingerprint density at radius 2 is 1.27 bits per heavy atom. The van der Waals surface area contributed by atoms with Gasteiger partial charge in [0.2, 0.25) is 5.95 Å². The minimum Gasteiger partial charge on any atom is -0.340 e. The Hall–Kier alpha value is -4.19. The van der Waals surface area contributed by atoms with E-state index in [0.29, 0.717) is 17.3 Å². The molecule has 0 saturated heterocycles. The fourth-order valence-corrected chi connectivity index (χ4v) is 3.51. The maximum atomic E-state index is 12.6. The second kappa shape index (κ2) is 9.53. The first-order valence-electron chi connectivity index (χ1n) is 10.8. The van der Waals surface area contributed by atoms with Gasteiger partial charge in [0.15, 0.2) is 0 Å². The third-order valence-electron chi connectivity index (χ3n) is 5.20. The van der Waals surface area contributed by atoms with E-state index in [4.69, 9.17) is 0 Å². The molecule has 1 amide bonds.